The van der Waals surface area contributed by atoms with E-state index in [-0.39, 0.29) is 11.6 Å². The number of aromatic amines is 1. The van der Waals surface area contributed by atoms with Crippen LogP contribution in [0.5, 0.6) is 5.75 Å². The van der Waals surface area contributed by atoms with Gasteiger partial charge in [-0.1, -0.05) is 0 Å². The monoisotopic (exact) mass is 229 g/mol. The molecular formula is C11H11N5O. The molecular weight excluding hydrogens is 218 g/mol. The lowest BCUT2D eigenvalue weighted by molar-refractivity contribution is 0.475. The molecule has 0 fully saturated rings. The summed E-state index contributed by atoms with van der Waals surface area (Å²) in [6.45, 7) is 0. The normalized spacial score (nSPS) is 12.1. The van der Waals surface area contributed by atoms with Gasteiger partial charge in [-0.2, -0.15) is 5.10 Å². The van der Waals surface area contributed by atoms with Crippen molar-refractivity contribution in [3.05, 3.63) is 48.0 Å². The Morgan fingerprint density at radius 3 is 2.76 bits per heavy atom. The number of nitrogens with two attached hydrogens (primary N) is 1. The summed E-state index contributed by atoms with van der Waals surface area (Å²) >= 11 is 0. The average molecular weight is 229 g/mol. The highest BCUT2D eigenvalue weighted by molar-refractivity contribution is 5.97. The molecule has 0 aliphatic heterocycles. The molecule has 0 spiro atoms. The van der Waals surface area contributed by atoms with E-state index in [1.54, 1.807) is 24.5 Å². The lowest BCUT2D eigenvalue weighted by atomic mass is 10.2. The van der Waals surface area contributed by atoms with Crippen LogP contribution in [-0.2, 0) is 0 Å². The summed E-state index contributed by atoms with van der Waals surface area (Å²) in [6.07, 6.45) is 4.77. The number of phenolic OH excluding ortho intramolecular Hbond substituents is 1. The minimum atomic E-state index is 0.181. The van der Waals surface area contributed by atoms with Crippen LogP contribution in [0.1, 0.15) is 11.4 Å². The average Bonchev–Trinajstić information content (AvgIpc) is 2.83. The molecule has 0 aliphatic rings. The number of amidine groups is 1. The van der Waals surface area contributed by atoms with Crippen molar-refractivity contribution in [3.8, 4) is 5.75 Å². The number of imidazole rings is 1. The van der Waals surface area contributed by atoms with E-state index >= 15 is 0 Å². The molecule has 0 amide bonds. The third-order valence-electron chi connectivity index (χ3n) is 2.03. The second-order valence-electron chi connectivity index (χ2n) is 3.25. The van der Waals surface area contributed by atoms with Crippen molar-refractivity contribution in [3.63, 3.8) is 0 Å². The fraction of sp³-hybridized carbons (Fsp3) is 0. The zero-order valence-electron chi connectivity index (χ0n) is 8.91. The number of aromatic hydroxyl groups is 1. The Labute approximate surface area is 97.5 Å². The summed E-state index contributed by atoms with van der Waals surface area (Å²) in [6, 6.07) is 6.40. The third-order valence-corrected chi connectivity index (χ3v) is 2.03. The number of benzene rings is 1. The first-order valence-corrected chi connectivity index (χ1v) is 4.91. The number of aromatic nitrogens is 2. The van der Waals surface area contributed by atoms with Gasteiger partial charge in [0.05, 0.1) is 6.21 Å². The van der Waals surface area contributed by atoms with E-state index in [4.69, 9.17) is 10.8 Å². The maximum atomic E-state index is 9.12. The molecule has 0 saturated heterocycles. The van der Waals surface area contributed by atoms with Gasteiger partial charge < -0.3 is 15.8 Å². The summed E-state index contributed by atoms with van der Waals surface area (Å²) in [4.78, 5) is 6.80. The topological polar surface area (TPSA) is 99.6 Å². The SMILES string of the molecule is NC(=NN=Cc1ncc[nH]1)c1ccc(O)cc1. The molecule has 0 bridgehead atoms. The molecule has 6 nitrogen and oxygen atoms in total. The predicted octanol–water partition coefficient (Wildman–Crippen LogP) is 0.855. The zero-order chi connectivity index (χ0) is 12.1. The number of rotatable bonds is 3. The third kappa shape index (κ3) is 2.91. The molecule has 2 rings (SSSR count). The number of nitrogens with zero attached hydrogens (tertiary/aromatic N) is 3. The summed E-state index contributed by atoms with van der Waals surface area (Å²) < 4.78 is 0. The smallest absolute Gasteiger partial charge is 0.153 e. The van der Waals surface area contributed by atoms with Gasteiger partial charge in [-0.25, -0.2) is 4.98 Å². The fourth-order valence-corrected chi connectivity index (χ4v) is 1.18. The second-order valence-corrected chi connectivity index (χ2v) is 3.25. The van der Waals surface area contributed by atoms with E-state index in [0.717, 1.165) is 0 Å². The number of H-pyrrole nitrogens is 1. The molecule has 6 heteroatoms. The van der Waals surface area contributed by atoms with Crippen molar-refractivity contribution in [2.45, 2.75) is 0 Å². The quantitative estimate of drug-likeness (QED) is 0.413. The molecule has 1 aromatic heterocycles. The van der Waals surface area contributed by atoms with E-state index in [1.807, 2.05) is 0 Å². The summed E-state index contributed by atoms with van der Waals surface area (Å²) in [5.74, 6) is 1.06. The Kier molecular flexibility index (Phi) is 3.15. The molecule has 0 saturated carbocycles. The van der Waals surface area contributed by atoms with Crippen LogP contribution in [0, 0.1) is 0 Å². The molecule has 4 N–H and O–H groups in total. The van der Waals surface area contributed by atoms with Crippen LogP contribution in [0.4, 0.5) is 0 Å². The lowest BCUT2D eigenvalue weighted by Crippen LogP contribution is -2.12. The van der Waals surface area contributed by atoms with Crippen LogP contribution >= 0.6 is 0 Å². The predicted molar refractivity (Wildman–Crippen MR) is 65.0 cm³/mol. The minimum absolute atomic E-state index is 0.181. The number of hydrogen-bond acceptors (Lipinski definition) is 4. The lowest BCUT2D eigenvalue weighted by Gasteiger charge is -1.97. The van der Waals surface area contributed by atoms with Gasteiger partial charge >= 0.3 is 0 Å². The van der Waals surface area contributed by atoms with Gasteiger partial charge in [0.2, 0.25) is 0 Å². The van der Waals surface area contributed by atoms with Crippen LogP contribution in [-0.4, -0.2) is 27.1 Å². The van der Waals surface area contributed by atoms with E-state index in [1.165, 1.54) is 18.3 Å². The van der Waals surface area contributed by atoms with Crippen molar-refractivity contribution in [1.29, 1.82) is 0 Å². The fourth-order valence-electron chi connectivity index (χ4n) is 1.18. The molecule has 0 unspecified atom stereocenters. The van der Waals surface area contributed by atoms with E-state index in [2.05, 4.69) is 20.2 Å². The number of hydrogen-bond donors (Lipinski definition) is 3. The highest BCUT2D eigenvalue weighted by atomic mass is 16.3. The van der Waals surface area contributed by atoms with E-state index in [0.29, 0.717) is 11.4 Å². The highest BCUT2D eigenvalue weighted by Crippen LogP contribution is 2.09. The largest absolute Gasteiger partial charge is 0.508 e. The van der Waals surface area contributed by atoms with Gasteiger partial charge in [-0.15, -0.1) is 5.10 Å². The number of phenols is 1. The molecule has 0 atom stereocenters. The first-order valence-electron chi connectivity index (χ1n) is 4.91. The molecule has 86 valence electrons. The summed E-state index contributed by atoms with van der Waals surface area (Å²) in [5.41, 5.74) is 6.40. The Morgan fingerprint density at radius 2 is 2.12 bits per heavy atom. The van der Waals surface area contributed by atoms with Crippen molar-refractivity contribution in [2.75, 3.05) is 0 Å². The van der Waals surface area contributed by atoms with Gasteiger partial charge in [-0.05, 0) is 24.3 Å². The molecule has 17 heavy (non-hydrogen) atoms. The minimum Gasteiger partial charge on any atom is -0.508 e. The second kappa shape index (κ2) is 4.93. The zero-order valence-corrected chi connectivity index (χ0v) is 8.91. The van der Waals surface area contributed by atoms with Crippen molar-refractivity contribution >= 4 is 12.1 Å². The summed E-state index contributed by atoms with van der Waals surface area (Å²) in [7, 11) is 0. The van der Waals surface area contributed by atoms with E-state index < -0.39 is 0 Å². The van der Waals surface area contributed by atoms with Crippen molar-refractivity contribution < 1.29 is 5.11 Å². The Hall–Kier alpha value is -2.63. The van der Waals surface area contributed by atoms with Crippen LogP contribution in [0.3, 0.4) is 0 Å². The Morgan fingerprint density at radius 1 is 1.35 bits per heavy atom. The maximum Gasteiger partial charge on any atom is 0.153 e. The number of nitrogens with one attached hydrogen (secondary N) is 1. The van der Waals surface area contributed by atoms with Crippen LogP contribution in [0.25, 0.3) is 0 Å². The maximum absolute atomic E-state index is 9.12. The van der Waals surface area contributed by atoms with Gasteiger partial charge in [0, 0.05) is 18.0 Å². The Bertz CT molecular complexity index is 527. The first-order chi connectivity index (χ1) is 8.25. The highest BCUT2D eigenvalue weighted by Gasteiger charge is 1.97. The molecule has 2 aromatic rings. The van der Waals surface area contributed by atoms with Gasteiger partial charge in [0.1, 0.15) is 11.6 Å². The standard InChI is InChI=1S/C11H11N5O/c12-11(8-1-3-9(17)4-2-8)16-15-7-10-13-5-6-14-10/h1-7,17H,(H2,12,16)(H,13,14). The van der Waals surface area contributed by atoms with Gasteiger partial charge in [0.15, 0.2) is 5.84 Å². The molecule has 0 radical (unpaired) electrons. The Balaban J connectivity index is 2.09. The van der Waals surface area contributed by atoms with Crippen molar-refractivity contribution in [1.82, 2.24) is 9.97 Å². The van der Waals surface area contributed by atoms with Gasteiger partial charge in [0.25, 0.3) is 0 Å². The van der Waals surface area contributed by atoms with E-state index in [9.17, 15) is 0 Å². The van der Waals surface area contributed by atoms with Crippen molar-refractivity contribution in [2.24, 2.45) is 15.9 Å². The van der Waals surface area contributed by atoms with Crippen LogP contribution in [0.2, 0.25) is 0 Å². The van der Waals surface area contributed by atoms with Crippen LogP contribution < -0.4 is 5.73 Å². The molecule has 0 aliphatic carbocycles. The molecule has 1 heterocycles. The summed E-state index contributed by atoms with van der Waals surface area (Å²) in [5, 5.41) is 16.7. The van der Waals surface area contributed by atoms with Crippen LogP contribution in [0.15, 0.2) is 46.9 Å². The van der Waals surface area contributed by atoms with Gasteiger partial charge in [-0.3, -0.25) is 0 Å². The first kappa shape index (κ1) is 10.9. The molecule has 1 aromatic carbocycles.